The van der Waals surface area contributed by atoms with Crippen LogP contribution in [0.25, 0.3) is 0 Å². The molecule has 1 nitrogen and oxygen atoms in total. The van der Waals surface area contributed by atoms with Crippen molar-refractivity contribution in [2.75, 3.05) is 13.1 Å². The van der Waals surface area contributed by atoms with Gasteiger partial charge in [0.2, 0.25) is 0 Å². The smallest absolute Gasteiger partial charge is 0.00179 e. The lowest BCUT2D eigenvalue weighted by Gasteiger charge is -2.39. The van der Waals surface area contributed by atoms with Gasteiger partial charge in [0.1, 0.15) is 0 Å². The van der Waals surface area contributed by atoms with Gasteiger partial charge in [-0.15, -0.1) is 0 Å². The van der Waals surface area contributed by atoms with Gasteiger partial charge >= 0.3 is 0 Å². The van der Waals surface area contributed by atoms with Crippen LogP contribution in [0, 0.1) is 17.8 Å². The Hall–Kier alpha value is -0.0400. The Kier molecular flexibility index (Phi) is 3.38. The zero-order valence-corrected chi connectivity index (χ0v) is 8.06. The average Bonchev–Trinajstić information content (AvgIpc) is 1.84. The van der Waals surface area contributed by atoms with Gasteiger partial charge in [0.05, 0.1) is 0 Å². The Morgan fingerprint density at radius 1 is 1.36 bits per heavy atom. The summed E-state index contributed by atoms with van der Waals surface area (Å²) in [6.45, 7) is 9.26. The van der Waals surface area contributed by atoms with Crippen molar-refractivity contribution in [3.05, 3.63) is 0 Å². The van der Waals surface area contributed by atoms with Crippen LogP contribution in [0.15, 0.2) is 0 Å². The minimum Gasteiger partial charge on any atom is -0.317 e. The Morgan fingerprint density at radius 3 is 2.45 bits per heavy atom. The van der Waals surface area contributed by atoms with Crippen LogP contribution >= 0.6 is 0 Å². The largest absolute Gasteiger partial charge is 0.317 e. The molecule has 11 heavy (non-hydrogen) atoms. The monoisotopic (exact) mass is 155 g/mol. The predicted molar refractivity (Wildman–Crippen MR) is 49.6 cm³/mol. The highest BCUT2D eigenvalue weighted by Crippen LogP contribution is 2.38. The molecule has 2 unspecified atom stereocenters. The maximum Gasteiger partial charge on any atom is -0.00179 e. The van der Waals surface area contributed by atoms with E-state index in [4.69, 9.17) is 0 Å². The Labute approximate surface area is 70.6 Å². The molecule has 1 N–H and O–H groups in total. The highest BCUT2D eigenvalue weighted by Gasteiger charge is 2.31. The summed E-state index contributed by atoms with van der Waals surface area (Å²) >= 11 is 0. The molecule has 1 aliphatic rings. The molecule has 0 aliphatic heterocycles. The molecule has 1 rings (SSSR count). The first kappa shape index (κ1) is 9.05. The van der Waals surface area contributed by atoms with Crippen molar-refractivity contribution in [2.45, 2.75) is 33.6 Å². The topological polar surface area (TPSA) is 12.0 Å². The lowest BCUT2D eigenvalue weighted by molar-refractivity contribution is 0.121. The molecule has 1 fully saturated rings. The van der Waals surface area contributed by atoms with Crippen molar-refractivity contribution in [3.63, 3.8) is 0 Å². The first-order valence-electron chi connectivity index (χ1n) is 4.96. The number of rotatable bonds is 4. The lowest BCUT2D eigenvalue weighted by Crippen LogP contribution is -2.37. The molecule has 66 valence electrons. The molecule has 0 amide bonds. The van der Waals surface area contributed by atoms with E-state index in [-0.39, 0.29) is 0 Å². The summed E-state index contributed by atoms with van der Waals surface area (Å²) in [5.74, 6) is 2.89. The summed E-state index contributed by atoms with van der Waals surface area (Å²) in [4.78, 5) is 0. The van der Waals surface area contributed by atoms with Crippen LogP contribution in [0.5, 0.6) is 0 Å². The van der Waals surface area contributed by atoms with Crippen molar-refractivity contribution >= 4 is 0 Å². The maximum atomic E-state index is 3.44. The van der Waals surface area contributed by atoms with E-state index in [0.717, 1.165) is 24.3 Å². The van der Waals surface area contributed by atoms with Gasteiger partial charge in [-0.25, -0.2) is 0 Å². The predicted octanol–water partition coefficient (Wildman–Crippen LogP) is 2.28. The zero-order chi connectivity index (χ0) is 8.27. The standard InChI is InChI=1S/C10H21N/c1-4-11-7-9-5-6-10(9)8(2)3/h8-11H,4-7H2,1-3H3. The van der Waals surface area contributed by atoms with Gasteiger partial charge < -0.3 is 5.32 Å². The molecule has 0 saturated heterocycles. The third-order valence-electron chi connectivity index (χ3n) is 2.99. The van der Waals surface area contributed by atoms with Gasteiger partial charge in [-0.05, 0) is 43.7 Å². The lowest BCUT2D eigenvalue weighted by atomic mass is 9.68. The first-order chi connectivity index (χ1) is 5.25. The van der Waals surface area contributed by atoms with Gasteiger partial charge in [-0.1, -0.05) is 20.8 Å². The quantitative estimate of drug-likeness (QED) is 0.656. The van der Waals surface area contributed by atoms with E-state index in [0.29, 0.717) is 0 Å². The molecule has 0 aromatic heterocycles. The number of hydrogen-bond donors (Lipinski definition) is 1. The molecular weight excluding hydrogens is 134 g/mol. The van der Waals surface area contributed by atoms with Crippen LogP contribution in [0.1, 0.15) is 33.6 Å². The Morgan fingerprint density at radius 2 is 2.09 bits per heavy atom. The van der Waals surface area contributed by atoms with E-state index in [2.05, 4.69) is 26.1 Å². The van der Waals surface area contributed by atoms with Gasteiger partial charge in [-0.3, -0.25) is 0 Å². The highest BCUT2D eigenvalue weighted by molar-refractivity contribution is 4.83. The second-order valence-electron chi connectivity index (χ2n) is 4.05. The van der Waals surface area contributed by atoms with E-state index < -0.39 is 0 Å². The molecule has 1 aliphatic carbocycles. The second-order valence-corrected chi connectivity index (χ2v) is 4.05. The minimum atomic E-state index is 0.896. The number of hydrogen-bond acceptors (Lipinski definition) is 1. The van der Waals surface area contributed by atoms with Crippen LogP contribution in [-0.4, -0.2) is 13.1 Å². The van der Waals surface area contributed by atoms with Crippen LogP contribution < -0.4 is 5.32 Å². The van der Waals surface area contributed by atoms with Crippen molar-refractivity contribution in [3.8, 4) is 0 Å². The summed E-state index contributed by atoms with van der Waals surface area (Å²) < 4.78 is 0. The molecule has 2 atom stereocenters. The Bertz CT molecular complexity index is 109. The van der Waals surface area contributed by atoms with E-state index in [1.165, 1.54) is 19.4 Å². The van der Waals surface area contributed by atoms with Crippen LogP contribution in [0.3, 0.4) is 0 Å². The molecule has 0 bridgehead atoms. The summed E-state index contributed by atoms with van der Waals surface area (Å²) in [7, 11) is 0. The molecular formula is C10H21N. The van der Waals surface area contributed by atoms with Crippen LogP contribution in [-0.2, 0) is 0 Å². The fraction of sp³-hybridized carbons (Fsp3) is 1.00. The molecule has 0 heterocycles. The van der Waals surface area contributed by atoms with Crippen molar-refractivity contribution in [1.82, 2.24) is 5.32 Å². The molecule has 0 spiro atoms. The van der Waals surface area contributed by atoms with Gasteiger partial charge in [0, 0.05) is 0 Å². The third kappa shape index (κ3) is 2.19. The zero-order valence-electron chi connectivity index (χ0n) is 8.06. The average molecular weight is 155 g/mol. The normalized spacial score (nSPS) is 30.5. The summed E-state index contributed by atoms with van der Waals surface area (Å²) in [5.41, 5.74) is 0. The molecule has 1 heteroatoms. The van der Waals surface area contributed by atoms with Crippen molar-refractivity contribution < 1.29 is 0 Å². The van der Waals surface area contributed by atoms with E-state index >= 15 is 0 Å². The van der Waals surface area contributed by atoms with Crippen LogP contribution in [0.2, 0.25) is 0 Å². The minimum absolute atomic E-state index is 0.896. The maximum absolute atomic E-state index is 3.44. The van der Waals surface area contributed by atoms with Crippen LogP contribution in [0.4, 0.5) is 0 Å². The third-order valence-corrected chi connectivity index (χ3v) is 2.99. The summed E-state index contributed by atoms with van der Waals surface area (Å²) in [6.07, 6.45) is 2.92. The Balaban J connectivity index is 2.15. The summed E-state index contributed by atoms with van der Waals surface area (Å²) in [6, 6.07) is 0. The molecule has 1 saturated carbocycles. The number of nitrogens with one attached hydrogen (secondary N) is 1. The van der Waals surface area contributed by atoms with E-state index in [9.17, 15) is 0 Å². The molecule has 0 aromatic carbocycles. The van der Waals surface area contributed by atoms with Gasteiger partial charge in [0.15, 0.2) is 0 Å². The van der Waals surface area contributed by atoms with E-state index in [1.807, 2.05) is 0 Å². The highest BCUT2D eigenvalue weighted by atomic mass is 14.9. The fourth-order valence-electron chi connectivity index (χ4n) is 2.06. The fourth-order valence-corrected chi connectivity index (χ4v) is 2.06. The van der Waals surface area contributed by atoms with Crippen molar-refractivity contribution in [1.29, 1.82) is 0 Å². The van der Waals surface area contributed by atoms with Crippen molar-refractivity contribution in [2.24, 2.45) is 17.8 Å². The SMILES string of the molecule is CCNCC1CCC1C(C)C. The molecule has 0 radical (unpaired) electrons. The van der Waals surface area contributed by atoms with Gasteiger partial charge in [-0.2, -0.15) is 0 Å². The molecule has 0 aromatic rings. The second kappa shape index (κ2) is 4.10. The van der Waals surface area contributed by atoms with E-state index in [1.54, 1.807) is 0 Å². The van der Waals surface area contributed by atoms with Gasteiger partial charge in [0.25, 0.3) is 0 Å². The summed E-state index contributed by atoms with van der Waals surface area (Å²) in [5, 5.41) is 3.44. The first-order valence-corrected chi connectivity index (χ1v) is 4.96.